The van der Waals surface area contributed by atoms with Crippen molar-refractivity contribution in [2.45, 2.75) is 0 Å². The largest absolute Gasteiger partial charge is 0.493 e. The Morgan fingerprint density at radius 3 is 2.40 bits per heavy atom. The molecule has 0 saturated heterocycles. The summed E-state index contributed by atoms with van der Waals surface area (Å²) in [6, 6.07) is 5.08. The molecule has 0 radical (unpaired) electrons. The van der Waals surface area contributed by atoms with Crippen molar-refractivity contribution >= 4 is 17.5 Å². The van der Waals surface area contributed by atoms with E-state index in [-0.39, 0.29) is 5.91 Å². The fourth-order valence-electron chi connectivity index (χ4n) is 1.77. The molecule has 1 aromatic rings. The monoisotopic (exact) mass is 301 g/mol. The summed E-state index contributed by atoms with van der Waals surface area (Å²) >= 11 is 5.73. The van der Waals surface area contributed by atoms with E-state index in [1.165, 1.54) is 7.11 Å². The SMILES string of the molecule is COCCN(CCCl)C(=O)c1ccc(OC)c(OC)c1. The maximum atomic E-state index is 12.4. The lowest BCUT2D eigenvalue weighted by molar-refractivity contribution is 0.0707. The Hall–Kier alpha value is -1.46. The Labute approximate surface area is 124 Å². The van der Waals surface area contributed by atoms with Crippen molar-refractivity contribution < 1.29 is 19.0 Å². The van der Waals surface area contributed by atoms with Gasteiger partial charge in [0.2, 0.25) is 0 Å². The third-order valence-corrected chi connectivity index (χ3v) is 3.01. The van der Waals surface area contributed by atoms with Gasteiger partial charge in [-0.1, -0.05) is 0 Å². The van der Waals surface area contributed by atoms with Crippen LogP contribution in [0.3, 0.4) is 0 Å². The first kappa shape index (κ1) is 16.6. The molecule has 1 rings (SSSR count). The van der Waals surface area contributed by atoms with Crippen LogP contribution in [0.1, 0.15) is 10.4 Å². The van der Waals surface area contributed by atoms with E-state index in [9.17, 15) is 4.79 Å². The van der Waals surface area contributed by atoms with E-state index in [2.05, 4.69) is 0 Å². The average molecular weight is 302 g/mol. The molecule has 0 N–H and O–H groups in total. The van der Waals surface area contributed by atoms with E-state index < -0.39 is 0 Å². The van der Waals surface area contributed by atoms with Gasteiger partial charge in [0.15, 0.2) is 11.5 Å². The van der Waals surface area contributed by atoms with Crippen molar-refractivity contribution in [3.8, 4) is 11.5 Å². The van der Waals surface area contributed by atoms with Crippen LogP contribution in [0.2, 0.25) is 0 Å². The van der Waals surface area contributed by atoms with E-state index >= 15 is 0 Å². The van der Waals surface area contributed by atoms with Crippen molar-refractivity contribution in [1.29, 1.82) is 0 Å². The van der Waals surface area contributed by atoms with Crippen LogP contribution in [0.4, 0.5) is 0 Å². The fourth-order valence-corrected chi connectivity index (χ4v) is 1.97. The molecular formula is C14H20ClNO4. The first-order chi connectivity index (χ1) is 9.67. The van der Waals surface area contributed by atoms with Gasteiger partial charge in [-0.3, -0.25) is 4.79 Å². The van der Waals surface area contributed by atoms with Gasteiger partial charge >= 0.3 is 0 Å². The van der Waals surface area contributed by atoms with Gasteiger partial charge in [-0.05, 0) is 18.2 Å². The van der Waals surface area contributed by atoms with Gasteiger partial charge in [-0.25, -0.2) is 0 Å². The van der Waals surface area contributed by atoms with Crippen molar-refractivity contribution in [2.75, 3.05) is 46.9 Å². The van der Waals surface area contributed by atoms with E-state index in [1.807, 2.05) is 0 Å². The molecule has 0 fully saturated rings. The molecule has 0 aliphatic carbocycles. The van der Waals surface area contributed by atoms with Crippen LogP contribution in [0.15, 0.2) is 18.2 Å². The van der Waals surface area contributed by atoms with Gasteiger partial charge in [-0.15, -0.1) is 11.6 Å². The summed E-state index contributed by atoms with van der Waals surface area (Å²) in [6.45, 7) is 1.43. The highest BCUT2D eigenvalue weighted by molar-refractivity contribution is 6.18. The van der Waals surface area contributed by atoms with Crippen molar-refractivity contribution in [3.63, 3.8) is 0 Å². The number of nitrogens with zero attached hydrogens (tertiary/aromatic N) is 1. The molecule has 0 atom stereocenters. The molecule has 0 aliphatic rings. The molecule has 20 heavy (non-hydrogen) atoms. The molecule has 1 amide bonds. The number of halogens is 1. The van der Waals surface area contributed by atoms with Crippen LogP contribution in [-0.2, 0) is 4.74 Å². The lowest BCUT2D eigenvalue weighted by Gasteiger charge is -2.21. The molecule has 0 aliphatic heterocycles. The fraction of sp³-hybridized carbons (Fsp3) is 0.500. The highest BCUT2D eigenvalue weighted by Gasteiger charge is 2.17. The predicted molar refractivity (Wildman–Crippen MR) is 78.0 cm³/mol. The van der Waals surface area contributed by atoms with Gasteiger partial charge in [0.05, 0.1) is 20.8 Å². The number of amides is 1. The molecule has 5 nitrogen and oxygen atoms in total. The quantitative estimate of drug-likeness (QED) is 0.689. The third-order valence-electron chi connectivity index (χ3n) is 2.84. The first-order valence-electron chi connectivity index (χ1n) is 6.24. The number of hydrogen-bond donors (Lipinski definition) is 0. The number of rotatable bonds is 8. The van der Waals surface area contributed by atoms with E-state index in [0.29, 0.717) is 42.6 Å². The van der Waals surface area contributed by atoms with Crippen LogP contribution in [0.25, 0.3) is 0 Å². The second-order valence-corrected chi connectivity index (χ2v) is 4.42. The zero-order valence-electron chi connectivity index (χ0n) is 12.0. The first-order valence-corrected chi connectivity index (χ1v) is 6.77. The predicted octanol–water partition coefficient (Wildman–Crippen LogP) is 2.03. The minimum Gasteiger partial charge on any atom is -0.493 e. The Kier molecular flexibility index (Phi) is 7.18. The Morgan fingerprint density at radius 2 is 1.85 bits per heavy atom. The standard InChI is InChI=1S/C14H20ClNO4/c1-18-9-8-16(7-6-15)14(17)11-4-5-12(19-2)13(10-11)20-3/h4-5,10H,6-9H2,1-3H3. The molecule has 0 spiro atoms. The van der Waals surface area contributed by atoms with Gasteiger partial charge in [0, 0.05) is 31.6 Å². The molecular weight excluding hydrogens is 282 g/mol. The van der Waals surface area contributed by atoms with E-state index in [1.54, 1.807) is 37.3 Å². The summed E-state index contributed by atoms with van der Waals surface area (Å²) in [7, 11) is 4.69. The molecule has 112 valence electrons. The second kappa shape index (κ2) is 8.66. The van der Waals surface area contributed by atoms with Crippen LogP contribution < -0.4 is 9.47 Å². The number of hydrogen-bond acceptors (Lipinski definition) is 4. The topological polar surface area (TPSA) is 48.0 Å². The third kappa shape index (κ3) is 4.28. The van der Waals surface area contributed by atoms with Gasteiger partial charge in [0.1, 0.15) is 0 Å². The highest BCUT2D eigenvalue weighted by Crippen LogP contribution is 2.28. The molecule has 6 heteroatoms. The Bertz CT molecular complexity index is 439. The maximum Gasteiger partial charge on any atom is 0.254 e. The summed E-state index contributed by atoms with van der Waals surface area (Å²) < 4.78 is 15.4. The zero-order chi connectivity index (χ0) is 15.0. The smallest absolute Gasteiger partial charge is 0.254 e. The summed E-state index contributed by atoms with van der Waals surface area (Å²) in [5.41, 5.74) is 0.531. The molecule has 0 heterocycles. The molecule has 0 unspecified atom stereocenters. The Morgan fingerprint density at radius 1 is 1.15 bits per heavy atom. The number of carbonyl (C=O) groups is 1. The molecule has 0 bridgehead atoms. The normalized spacial score (nSPS) is 10.2. The lowest BCUT2D eigenvalue weighted by Crippen LogP contribution is -2.35. The van der Waals surface area contributed by atoms with Gasteiger partial charge < -0.3 is 19.1 Å². The van der Waals surface area contributed by atoms with E-state index in [4.69, 9.17) is 25.8 Å². The van der Waals surface area contributed by atoms with E-state index in [0.717, 1.165) is 0 Å². The number of benzene rings is 1. The summed E-state index contributed by atoms with van der Waals surface area (Å²) in [4.78, 5) is 14.1. The summed E-state index contributed by atoms with van der Waals surface area (Å²) in [6.07, 6.45) is 0. The molecule has 0 saturated carbocycles. The van der Waals surface area contributed by atoms with Crippen molar-refractivity contribution in [3.05, 3.63) is 23.8 Å². The number of ether oxygens (including phenoxy) is 3. The maximum absolute atomic E-state index is 12.4. The lowest BCUT2D eigenvalue weighted by atomic mass is 10.1. The van der Waals surface area contributed by atoms with Crippen molar-refractivity contribution in [2.24, 2.45) is 0 Å². The summed E-state index contributed by atoms with van der Waals surface area (Å²) in [5, 5.41) is 0. The number of carbonyl (C=O) groups excluding carboxylic acids is 1. The molecule has 0 aromatic heterocycles. The highest BCUT2D eigenvalue weighted by atomic mass is 35.5. The number of alkyl halides is 1. The van der Waals surface area contributed by atoms with Crippen LogP contribution >= 0.6 is 11.6 Å². The van der Waals surface area contributed by atoms with Crippen LogP contribution in [0, 0.1) is 0 Å². The van der Waals surface area contributed by atoms with Crippen LogP contribution in [0.5, 0.6) is 11.5 Å². The van der Waals surface area contributed by atoms with Crippen LogP contribution in [-0.4, -0.2) is 57.7 Å². The van der Waals surface area contributed by atoms with Gasteiger partial charge in [-0.2, -0.15) is 0 Å². The number of methoxy groups -OCH3 is 3. The molecule has 1 aromatic carbocycles. The summed E-state index contributed by atoms with van der Waals surface area (Å²) in [5.74, 6) is 1.38. The second-order valence-electron chi connectivity index (χ2n) is 4.04. The zero-order valence-corrected chi connectivity index (χ0v) is 12.8. The minimum absolute atomic E-state index is 0.108. The minimum atomic E-state index is -0.108. The van der Waals surface area contributed by atoms with Crippen molar-refractivity contribution in [1.82, 2.24) is 4.90 Å². The van der Waals surface area contributed by atoms with Gasteiger partial charge in [0.25, 0.3) is 5.91 Å². The average Bonchev–Trinajstić information content (AvgIpc) is 2.49. The Balaban J connectivity index is 2.93.